The molecule has 0 saturated carbocycles. The zero-order valence-electron chi connectivity index (χ0n) is 12.2. The number of anilines is 1. The number of pyridine rings is 1. The Bertz CT molecular complexity index is 391. The first-order chi connectivity index (χ1) is 9.15. The third kappa shape index (κ3) is 5.73. The number of aromatic nitrogens is 1. The zero-order chi connectivity index (χ0) is 14.1. The third-order valence-electron chi connectivity index (χ3n) is 2.93. The summed E-state index contributed by atoms with van der Waals surface area (Å²) in [6, 6.07) is 1.75. The molecule has 0 spiro atoms. The predicted octanol–water partition coefficient (Wildman–Crippen LogP) is 3.07. The van der Waals surface area contributed by atoms with E-state index < -0.39 is 0 Å². The van der Waals surface area contributed by atoms with Crippen molar-refractivity contribution in [1.29, 1.82) is 0 Å². The molecule has 1 amide bonds. The van der Waals surface area contributed by atoms with Crippen molar-refractivity contribution in [3.05, 3.63) is 24.0 Å². The molecule has 0 aliphatic rings. The highest BCUT2D eigenvalue weighted by Gasteiger charge is 2.09. The van der Waals surface area contributed by atoms with E-state index in [1.54, 1.807) is 18.5 Å². The average molecular weight is 263 g/mol. The van der Waals surface area contributed by atoms with E-state index in [1.807, 2.05) is 6.92 Å². The Kier molecular flexibility index (Phi) is 6.93. The molecule has 4 heteroatoms. The molecule has 1 rings (SSSR count). The number of hydrogen-bond donors (Lipinski definition) is 2. The Hall–Kier alpha value is -1.58. The molecule has 0 radical (unpaired) electrons. The number of hydrogen-bond acceptors (Lipinski definition) is 3. The van der Waals surface area contributed by atoms with Crippen molar-refractivity contribution in [2.75, 3.05) is 18.4 Å². The highest BCUT2D eigenvalue weighted by atomic mass is 16.1. The van der Waals surface area contributed by atoms with E-state index in [0.29, 0.717) is 5.56 Å². The molecule has 0 aliphatic heterocycles. The maximum Gasteiger partial charge on any atom is 0.253 e. The largest absolute Gasteiger partial charge is 0.383 e. The lowest BCUT2D eigenvalue weighted by Gasteiger charge is -2.10. The summed E-state index contributed by atoms with van der Waals surface area (Å²) in [4.78, 5) is 16.1. The molecule has 0 atom stereocenters. The summed E-state index contributed by atoms with van der Waals surface area (Å²) in [6.45, 7) is 7.96. The zero-order valence-corrected chi connectivity index (χ0v) is 12.2. The molecule has 0 bridgehead atoms. The van der Waals surface area contributed by atoms with Gasteiger partial charge in [0, 0.05) is 19.3 Å². The van der Waals surface area contributed by atoms with Crippen LogP contribution in [0.3, 0.4) is 0 Å². The van der Waals surface area contributed by atoms with Gasteiger partial charge in [0.25, 0.3) is 5.91 Å². The minimum absolute atomic E-state index is 0.0251. The van der Waals surface area contributed by atoms with E-state index in [4.69, 9.17) is 0 Å². The Morgan fingerprint density at radius 2 is 2.16 bits per heavy atom. The Labute approximate surface area is 116 Å². The minimum Gasteiger partial charge on any atom is -0.383 e. The van der Waals surface area contributed by atoms with Crippen molar-refractivity contribution in [3.8, 4) is 0 Å². The second kappa shape index (κ2) is 8.51. The first-order valence-electron chi connectivity index (χ1n) is 7.11. The van der Waals surface area contributed by atoms with E-state index in [-0.39, 0.29) is 5.91 Å². The third-order valence-corrected chi connectivity index (χ3v) is 2.93. The van der Waals surface area contributed by atoms with Crippen molar-refractivity contribution < 1.29 is 4.79 Å². The summed E-state index contributed by atoms with van der Waals surface area (Å²) in [7, 11) is 0. The fourth-order valence-electron chi connectivity index (χ4n) is 1.90. The smallest absolute Gasteiger partial charge is 0.253 e. The lowest BCUT2D eigenvalue weighted by Crippen LogP contribution is -2.25. The van der Waals surface area contributed by atoms with Crippen molar-refractivity contribution in [1.82, 2.24) is 10.3 Å². The predicted molar refractivity (Wildman–Crippen MR) is 79.4 cm³/mol. The molecular weight excluding hydrogens is 238 g/mol. The molecule has 19 heavy (non-hydrogen) atoms. The van der Waals surface area contributed by atoms with Crippen molar-refractivity contribution in [2.24, 2.45) is 5.92 Å². The number of nitrogens with one attached hydrogen (secondary N) is 2. The molecule has 1 heterocycles. The van der Waals surface area contributed by atoms with Gasteiger partial charge in [0.05, 0.1) is 17.4 Å². The first kappa shape index (κ1) is 15.5. The highest BCUT2D eigenvalue weighted by Crippen LogP contribution is 2.13. The second-order valence-corrected chi connectivity index (χ2v) is 5.10. The van der Waals surface area contributed by atoms with Crippen molar-refractivity contribution in [2.45, 2.75) is 40.0 Å². The van der Waals surface area contributed by atoms with Crippen LogP contribution in [0.25, 0.3) is 0 Å². The number of nitrogens with zero attached hydrogens (tertiary/aromatic N) is 1. The molecule has 0 unspecified atom stereocenters. The minimum atomic E-state index is -0.0251. The summed E-state index contributed by atoms with van der Waals surface area (Å²) in [5, 5.41) is 6.11. The van der Waals surface area contributed by atoms with Crippen LogP contribution in [0.4, 0.5) is 5.69 Å². The summed E-state index contributed by atoms with van der Waals surface area (Å²) in [6.07, 6.45) is 6.75. The quantitative estimate of drug-likeness (QED) is 0.709. The lowest BCUT2D eigenvalue weighted by molar-refractivity contribution is 0.0953. The molecule has 2 N–H and O–H groups in total. The van der Waals surface area contributed by atoms with Crippen LogP contribution in [0, 0.1) is 5.92 Å². The van der Waals surface area contributed by atoms with Gasteiger partial charge in [-0.3, -0.25) is 9.78 Å². The number of carbonyl (C=O) groups excluding carboxylic acids is 1. The van der Waals surface area contributed by atoms with Gasteiger partial charge in [0.1, 0.15) is 0 Å². The van der Waals surface area contributed by atoms with Gasteiger partial charge in [0.15, 0.2) is 0 Å². The van der Waals surface area contributed by atoms with E-state index in [9.17, 15) is 4.79 Å². The van der Waals surface area contributed by atoms with E-state index in [2.05, 4.69) is 29.5 Å². The summed E-state index contributed by atoms with van der Waals surface area (Å²) >= 11 is 0. The Morgan fingerprint density at radius 1 is 1.37 bits per heavy atom. The monoisotopic (exact) mass is 263 g/mol. The van der Waals surface area contributed by atoms with Gasteiger partial charge in [-0.05, 0) is 25.3 Å². The van der Waals surface area contributed by atoms with Gasteiger partial charge in [-0.2, -0.15) is 0 Å². The molecule has 0 aliphatic carbocycles. The SMILES string of the molecule is CCNc1cnccc1C(=O)NCCCCC(C)C. The van der Waals surface area contributed by atoms with Crippen LogP contribution in [-0.4, -0.2) is 24.0 Å². The maximum atomic E-state index is 12.1. The van der Waals surface area contributed by atoms with E-state index >= 15 is 0 Å². The van der Waals surface area contributed by atoms with Crippen LogP contribution in [0.2, 0.25) is 0 Å². The first-order valence-corrected chi connectivity index (χ1v) is 7.11. The highest BCUT2D eigenvalue weighted by molar-refractivity contribution is 5.99. The Balaban J connectivity index is 2.41. The second-order valence-electron chi connectivity index (χ2n) is 5.10. The van der Waals surface area contributed by atoms with Crippen molar-refractivity contribution >= 4 is 11.6 Å². The Morgan fingerprint density at radius 3 is 2.84 bits per heavy atom. The summed E-state index contributed by atoms with van der Waals surface area (Å²) in [5.74, 6) is 0.708. The average Bonchev–Trinajstić information content (AvgIpc) is 2.39. The van der Waals surface area contributed by atoms with Crippen LogP contribution in [0.5, 0.6) is 0 Å². The number of unbranched alkanes of at least 4 members (excludes halogenated alkanes) is 1. The number of rotatable bonds is 8. The number of amides is 1. The standard InChI is InChI=1S/C15H25N3O/c1-4-17-14-11-16-10-8-13(14)15(19)18-9-6-5-7-12(2)3/h8,10-12,17H,4-7,9H2,1-3H3,(H,18,19). The fraction of sp³-hybridized carbons (Fsp3) is 0.600. The molecule has 0 aromatic carbocycles. The number of carbonyl (C=O) groups is 1. The van der Waals surface area contributed by atoms with Gasteiger partial charge in [-0.25, -0.2) is 0 Å². The van der Waals surface area contributed by atoms with Crippen molar-refractivity contribution in [3.63, 3.8) is 0 Å². The molecule has 106 valence electrons. The van der Waals surface area contributed by atoms with Gasteiger partial charge in [-0.15, -0.1) is 0 Å². The normalized spacial score (nSPS) is 10.5. The van der Waals surface area contributed by atoms with Crippen LogP contribution >= 0.6 is 0 Å². The van der Waals surface area contributed by atoms with Crippen LogP contribution < -0.4 is 10.6 Å². The van der Waals surface area contributed by atoms with Gasteiger partial charge in [0.2, 0.25) is 0 Å². The lowest BCUT2D eigenvalue weighted by atomic mass is 10.1. The molecule has 0 saturated heterocycles. The molecular formula is C15H25N3O. The van der Waals surface area contributed by atoms with E-state index in [0.717, 1.165) is 37.5 Å². The van der Waals surface area contributed by atoms with E-state index in [1.165, 1.54) is 6.42 Å². The molecule has 0 fully saturated rings. The summed E-state index contributed by atoms with van der Waals surface area (Å²) < 4.78 is 0. The maximum absolute atomic E-state index is 12.1. The topological polar surface area (TPSA) is 54.0 Å². The van der Waals surface area contributed by atoms with Gasteiger partial charge in [-0.1, -0.05) is 26.7 Å². The van der Waals surface area contributed by atoms with Gasteiger partial charge < -0.3 is 10.6 Å². The van der Waals surface area contributed by atoms with Gasteiger partial charge >= 0.3 is 0 Å². The van der Waals surface area contributed by atoms with Crippen LogP contribution in [0.1, 0.15) is 50.4 Å². The van der Waals surface area contributed by atoms with Crippen LogP contribution in [-0.2, 0) is 0 Å². The van der Waals surface area contributed by atoms with Crippen LogP contribution in [0.15, 0.2) is 18.5 Å². The summed E-state index contributed by atoms with van der Waals surface area (Å²) in [5.41, 5.74) is 1.46. The molecule has 4 nitrogen and oxygen atoms in total. The molecule has 1 aromatic heterocycles. The molecule has 1 aromatic rings. The fourth-order valence-corrected chi connectivity index (χ4v) is 1.90.